The van der Waals surface area contributed by atoms with Crippen molar-refractivity contribution in [2.45, 2.75) is 46.5 Å². The van der Waals surface area contributed by atoms with E-state index in [1.807, 2.05) is 0 Å². The van der Waals surface area contributed by atoms with Crippen molar-refractivity contribution in [2.75, 3.05) is 6.61 Å². The normalized spacial score (nSPS) is 12.2. The molecule has 0 aromatic rings. The van der Waals surface area contributed by atoms with E-state index < -0.39 is 11.9 Å². The van der Waals surface area contributed by atoms with Crippen LogP contribution in [0.1, 0.15) is 46.5 Å². The van der Waals surface area contributed by atoms with E-state index in [-0.39, 0.29) is 5.78 Å². The maximum Gasteiger partial charge on any atom is 0.316 e. The highest BCUT2D eigenvalue weighted by atomic mass is 16.5. The first-order valence-corrected chi connectivity index (χ1v) is 5.32. The molecule has 0 fully saturated rings. The molecule has 0 aromatic heterocycles. The highest BCUT2D eigenvalue weighted by molar-refractivity contribution is 5.98. The van der Waals surface area contributed by atoms with Gasteiger partial charge in [0.1, 0.15) is 11.7 Å². The highest BCUT2D eigenvalue weighted by Crippen LogP contribution is 2.08. The Morgan fingerprint density at radius 2 is 1.86 bits per heavy atom. The summed E-state index contributed by atoms with van der Waals surface area (Å²) < 4.78 is 4.77. The number of hydrogen-bond acceptors (Lipinski definition) is 3. The number of Topliss-reactive ketones (excluding diaryl/α,β-unsaturated/α-hetero) is 1. The van der Waals surface area contributed by atoms with Gasteiger partial charge in [-0.25, -0.2) is 0 Å². The van der Waals surface area contributed by atoms with Gasteiger partial charge in [-0.05, 0) is 20.3 Å². The summed E-state index contributed by atoms with van der Waals surface area (Å²) >= 11 is 0. The first kappa shape index (κ1) is 13.1. The van der Waals surface area contributed by atoms with Crippen LogP contribution in [0, 0.1) is 5.92 Å². The minimum Gasteiger partial charge on any atom is -0.465 e. The fourth-order valence-corrected chi connectivity index (χ4v) is 1.16. The molecule has 3 nitrogen and oxygen atoms in total. The second-order valence-corrected chi connectivity index (χ2v) is 3.40. The molecular formula is C11H20O3. The van der Waals surface area contributed by atoms with Crippen LogP contribution >= 0.6 is 0 Å². The van der Waals surface area contributed by atoms with E-state index in [9.17, 15) is 9.59 Å². The Bertz CT molecular complexity index is 187. The summed E-state index contributed by atoms with van der Waals surface area (Å²) in [6.07, 6.45) is 3.50. The lowest BCUT2D eigenvalue weighted by atomic mass is 10.0. The van der Waals surface area contributed by atoms with Crippen LogP contribution in [-0.4, -0.2) is 18.4 Å². The topological polar surface area (TPSA) is 43.4 Å². The van der Waals surface area contributed by atoms with E-state index in [0.717, 1.165) is 19.3 Å². The third kappa shape index (κ3) is 5.00. The standard InChI is InChI=1S/C11H20O3/c1-4-6-7-8-10(12)9(3)11(13)14-5-2/h9H,4-8H2,1-3H3. The third-order valence-corrected chi connectivity index (χ3v) is 2.15. The van der Waals surface area contributed by atoms with Crippen molar-refractivity contribution in [1.82, 2.24) is 0 Å². The van der Waals surface area contributed by atoms with Gasteiger partial charge < -0.3 is 4.74 Å². The Balaban J connectivity index is 3.80. The van der Waals surface area contributed by atoms with Crippen molar-refractivity contribution >= 4 is 11.8 Å². The molecule has 0 spiro atoms. The highest BCUT2D eigenvalue weighted by Gasteiger charge is 2.21. The number of carbonyl (C=O) groups is 2. The van der Waals surface area contributed by atoms with Crippen molar-refractivity contribution in [3.63, 3.8) is 0 Å². The van der Waals surface area contributed by atoms with Gasteiger partial charge in [0.25, 0.3) is 0 Å². The van der Waals surface area contributed by atoms with E-state index in [2.05, 4.69) is 6.92 Å². The van der Waals surface area contributed by atoms with Crippen molar-refractivity contribution in [3.05, 3.63) is 0 Å². The molecule has 82 valence electrons. The van der Waals surface area contributed by atoms with Gasteiger partial charge in [-0.2, -0.15) is 0 Å². The molecular weight excluding hydrogens is 180 g/mol. The molecule has 0 aliphatic rings. The molecule has 0 saturated heterocycles. The van der Waals surface area contributed by atoms with Crippen LogP contribution in [0.25, 0.3) is 0 Å². The molecule has 0 rings (SSSR count). The lowest BCUT2D eigenvalue weighted by molar-refractivity contribution is -0.150. The number of esters is 1. The first-order valence-electron chi connectivity index (χ1n) is 5.32. The summed E-state index contributed by atoms with van der Waals surface area (Å²) in [5, 5.41) is 0. The van der Waals surface area contributed by atoms with E-state index >= 15 is 0 Å². The Hall–Kier alpha value is -0.860. The Morgan fingerprint density at radius 3 is 2.36 bits per heavy atom. The number of unbranched alkanes of at least 4 members (excludes halogenated alkanes) is 2. The average Bonchev–Trinajstić information content (AvgIpc) is 2.17. The zero-order valence-electron chi connectivity index (χ0n) is 9.34. The van der Waals surface area contributed by atoms with E-state index in [1.165, 1.54) is 0 Å². The Morgan fingerprint density at radius 1 is 1.21 bits per heavy atom. The summed E-state index contributed by atoms with van der Waals surface area (Å²) in [5.74, 6) is -0.988. The molecule has 0 saturated carbocycles. The summed E-state index contributed by atoms with van der Waals surface area (Å²) in [4.78, 5) is 22.6. The number of carbonyl (C=O) groups excluding carboxylic acids is 2. The number of ether oxygens (including phenoxy) is 1. The Kier molecular flexibility index (Phi) is 7.07. The van der Waals surface area contributed by atoms with Crippen LogP contribution in [0.15, 0.2) is 0 Å². The van der Waals surface area contributed by atoms with Crippen molar-refractivity contribution in [2.24, 2.45) is 5.92 Å². The summed E-state index contributed by atoms with van der Waals surface area (Å²) in [6.45, 7) is 5.78. The third-order valence-electron chi connectivity index (χ3n) is 2.15. The molecule has 0 aliphatic heterocycles. The minimum absolute atomic E-state index is 0.00287. The average molecular weight is 200 g/mol. The molecule has 0 heterocycles. The van der Waals surface area contributed by atoms with Gasteiger partial charge >= 0.3 is 5.97 Å². The monoisotopic (exact) mass is 200 g/mol. The van der Waals surface area contributed by atoms with Crippen LogP contribution in [0.3, 0.4) is 0 Å². The van der Waals surface area contributed by atoms with Gasteiger partial charge in [-0.3, -0.25) is 9.59 Å². The predicted octanol–water partition coefficient (Wildman–Crippen LogP) is 2.33. The second-order valence-electron chi connectivity index (χ2n) is 3.40. The zero-order valence-corrected chi connectivity index (χ0v) is 9.34. The van der Waals surface area contributed by atoms with Gasteiger partial charge in [-0.1, -0.05) is 19.8 Å². The predicted molar refractivity (Wildman–Crippen MR) is 54.9 cm³/mol. The first-order chi connectivity index (χ1) is 6.63. The van der Waals surface area contributed by atoms with Crippen LogP contribution in [-0.2, 0) is 14.3 Å². The molecule has 1 unspecified atom stereocenters. The van der Waals surface area contributed by atoms with Gasteiger partial charge in [0.15, 0.2) is 0 Å². The molecule has 1 atom stereocenters. The molecule has 0 radical (unpaired) electrons. The van der Waals surface area contributed by atoms with Crippen LogP contribution < -0.4 is 0 Å². The molecule has 0 amide bonds. The fraction of sp³-hybridized carbons (Fsp3) is 0.818. The van der Waals surface area contributed by atoms with Crippen LogP contribution in [0.5, 0.6) is 0 Å². The van der Waals surface area contributed by atoms with Gasteiger partial charge in [0.05, 0.1) is 6.61 Å². The van der Waals surface area contributed by atoms with Gasteiger partial charge in [0, 0.05) is 6.42 Å². The minimum atomic E-state index is -0.591. The summed E-state index contributed by atoms with van der Waals surface area (Å²) in [6, 6.07) is 0. The largest absolute Gasteiger partial charge is 0.465 e. The second kappa shape index (κ2) is 7.54. The maximum absolute atomic E-state index is 11.4. The summed E-state index contributed by atoms with van der Waals surface area (Å²) in [7, 11) is 0. The molecule has 0 bridgehead atoms. The molecule has 0 aromatic carbocycles. The van der Waals surface area contributed by atoms with Crippen molar-refractivity contribution in [1.29, 1.82) is 0 Å². The van der Waals surface area contributed by atoms with E-state index in [0.29, 0.717) is 13.0 Å². The molecule has 3 heteroatoms. The number of hydrogen-bond donors (Lipinski definition) is 0. The lowest BCUT2D eigenvalue weighted by Gasteiger charge is -2.08. The molecule has 14 heavy (non-hydrogen) atoms. The van der Waals surface area contributed by atoms with E-state index in [1.54, 1.807) is 13.8 Å². The van der Waals surface area contributed by atoms with Crippen molar-refractivity contribution < 1.29 is 14.3 Å². The van der Waals surface area contributed by atoms with Crippen LogP contribution in [0.2, 0.25) is 0 Å². The molecule has 0 aliphatic carbocycles. The smallest absolute Gasteiger partial charge is 0.316 e. The quantitative estimate of drug-likeness (QED) is 0.360. The Labute approximate surface area is 85.8 Å². The van der Waals surface area contributed by atoms with Gasteiger partial charge in [0.2, 0.25) is 0 Å². The fourth-order valence-electron chi connectivity index (χ4n) is 1.16. The maximum atomic E-state index is 11.4. The SMILES string of the molecule is CCCCCC(=O)C(C)C(=O)OCC. The van der Waals surface area contributed by atoms with E-state index in [4.69, 9.17) is 4.74 Å². The summed E-state index contributed by atoms with van der Waals surface area (Å²) in [5.41, 5.74) is 0. The number of ketones is 1. The molecule has 0 N–H and O–H groups in total. The van der Waals surface area contributed by atoms with Crippen LogP contribution in [0.4, 0.5) is 0 Å². The van der Waals surface area contributed by atoms with Gasteiger partial charge in [-0.15, -0.1) is 0 Å². The zero-order chi connectivity index (χ0) is 11.0. The number of rotatable bonds is 7. The lowest BCUT2D eigenvalue weighted by Crippen LogP contribution is -2.23. The van der Waals surface area contributed by atoms with Crippen molar-refractivity contribution in [3.8, 4) is 0 Å².